The number of rotatable bonds is 8. The maximum Gasteiger partial charge on any atom is 0.308 e. The zero-order valence-electron chi connectivity index (χ0n) is 18.5. The average molecular weight is 572 g/mol. The van der Waals surface area contributed by atoms with E-state index in [0.717, 1.165) is 20.1 Å². The predicted octanol–water partition coefficient (Wildman–Crippen LogP) is 6.05. The van der Waals surface area contributed by atoms with Crippen molar-refractivity contribution in [2.45, 2.75) is 27.1 Å². The van der Waals surface area contributed by atoms with E-state index in [1.165, 1.54) is 13.8 Å². The van der Waals surface area contributed by atoms with Gasteiger partial charge in [0.1, 0.15) is 24.6 Å². The largest absolute Gasteiger partial charge is 0.485 e. The smallest absolute Gasteiger partial charge is 0.308 e. The van der Waals surface area contributed by atoms with Gasteiger partial charge in [0.2, 0.25) is 0 Å². The van der Waals surface area contributed by atoms with Crippen LogP contribution in [0, 0.1) is 3.57 Å². The highest BCUT2D eigenvalue weighted by Crippen LogP contribution is 2.31. The molecule has 0 aliphatic carbocycles. The van der Waals surface area contributed by atoms with Gasteiger partial charge < -0.3 is 23.4 Å². The maximum absolute atomic E-state index is 11.3. The lowest BCUT2D eigenvalue weighted by atomic mass is 10.1. The minimum atomic E-state index is -0.417. The van der Waals surface area contributed by atoms with Crippen molar-refractivity contribution in [3.8, 4) is 23.0 Å². The third-order valence-electron chi connectivity index (χ3n) is 4.65. The normalized spacial score (nSPS) is 10.7. The first-order valence-electron chi connectivity index (χ1n) is 10.4. The van der Waals surface area contributed by atoms with Crippen LogP contribution in [-0.4, -0.2) is 11.9 Å². The molecule has 0 fully saturated rings. The number of ether oxygens (including phenoxy) is 4. The van der Waals surface area contributed by atoms with Gasteiger partial charge in [-0.25, -0.2) is 0 Å². The number of esters is 2. The molecule has 0 saturated carbocycles. The third-order valence-corrected chi connectivity index (χ3v) is 5.45. The summed E-state index contributed by atoms with van der Waals surface area (Å²) >= 11 is 2.22. The number of fused-ring (bicyclic) bond motifs is 1. The fraction of sp³-hybridized carbons (Fsp3) is 0.154. The van der Waals surface area contributed by atoms with E-state index in [4.69, 9.17) is 23.4 Å². The quantitative estimate of drug-likeness (QED) is 0.145. The average Bonchev–Trinajstić information content (AvgIpc) is 3.21. The van der Waals surface area contributed by atoms with Crippen molar-refractivity contribution in [1.29, 1.82) is 0 Å². The molecule has 3 aromatic carbocycles. The van der Waals surface area contributed by atoms with Crippen molar-refractivity contribution in [3.63, 3.8) is 0 Å². The van der Waals surface area contributed by atoms with Gasteiger partial charge in [-0.2, -0.15) is 0 Å². The number of carbonyl (C=O) groups excluding carboxylic acids is 2. The van der Waals surface area contributed by atoms with Crippen molar-refractivity contribution in [3.05, 3.63) is 81.6 Å². The van der Waals surface area contributed by atoms with Crippen molar-refractivity contribution >= 4 is 45.5 Å². The van der Waals surface area contributed by atoms with E-state index < -0.39 is 11.9 Å². The molecular weight excluding hydrogens is 551 g/mol. The summed E-state index contributed by atoms with van der Waals surface area (Å²) in [4.78, 5) is 22.6. The van der Waals surface area contributed by atoms with Gasteiger partial charge in [-0.15, -0.1) is 0 Å². The standard InChI is InChI=1S/C26H21IO7/c1-16(28)32-24-9-5-3-7-22(24)30-14-18-11-19-13-20(34-26(19)21(27)12-18)15-31-23-8-4-6-10-25(23)33-17(2)29/h3-13H,14-15H2,1-2H3. The van der Waals surface area contributed by atoms with Crippen LogP contribution in [-0.2, 0) is 22.8 Å². The number of hydrogen-bond donors (Lipinski definition) is 0. The Bertz CT molecular complexity index is 1340. The minimum Gasteiger partial charge on any atom is -0.485 e. The zero-order chi connectivity index (χ0) is 24.1. The second-order valence-electron chi connectivity index (χ2n) is 7.37. The number of carbonyl (C=O) groups is 2. The van der Waals surface area contributed by atoms with Crippen LogP contribution >= 0.6 is 22.6 Å². The second-order valence-corrected chi connectivity index (χ2v) is 8.53. The highest BCUT2D eigenvalue weighted by atomic mass is 127. The molecule has 0 aliphatic rings. The highest BCUT2D eigenvalue weighted by Gasteiger charge is 2.13. The molecule has 0 atom stereocenters. The van der Waals surface area contributed by atoms with Gasteiger partial charge in [0, 0.05) is 19.2 Å². The summed E-state index contributed by atoms with van der Waals surface area (Å²) in [5.41, 5.74) is 1.68. The van der Waals surface area contributed by atoms with Gasteiger partial charge in [-0.05, 0) is 70.6 Å². The van der Waals surface area contributed by atoms with Crippen LogP contribution in [0.2, 0.25) is 0 Å². The SMILES string of the molecule is CC(=O)Oc1ccccc1OCc1cc(I)c2oc(COc3ccccc3OC(C)=O)cc2c1. The van der Waals surface area contributed by atoms with Crippen molar-refractivity contribution in [1.82, 2.24) is 0 Å². The predicted molar refractivity (Wildman–Crippen MR) is 133 cm³/mol. The lowest BCUT2D eigenvalue weighted by Gasteiger charge is -2.11. The molecule has 4 rings (SSSR count). The minimum absolute atomic E-state index is 0.171. The fourth-order valence-corrected chi connectivity index (χ4v) is 4.13. The van der Waals surface area contributed by atoms with E-state index in [2.05, 4.69) is 22.6 Å². The maximum atomic E-state index is 11.3. The molecule has 0 amide bonds. The molecule has 0 radical (unpaired) electrons. The van der Waals surface area contributed by atoms with E-state index in [1.54, 1.807) is 42.5 Å². The van der Waals surface area contributed by atoms with Crippen LogP contribution < -0.4 is 18.9 Å². The van der Waals surface area contributed by atoms with E-state index in [0.29, 0.717) is 28.8 Å². The highest BCUT2D eigenvalue weighted by molar-refractivity contribution is 14.1. The van der Waals surface area contributed by atoms with Gasteiger partial charge in [0.25, 0.3) is 0 Å². The molecule has 174 valence electrons. The van der Waals surface area contributed by atoms with Crippen LogP contribution in [0.1, 0.15) is 25.2 Å². The molecule has 4 aromatic rings. The Kier molecular flexibility index (Phi) is 7.36. The summed E-state index contributed by atoms with van der Waals surface area (Å²) in [5.74, 6) is 1.48. The zero-order valence-corrected chi connectivity index (χ0v) is 20.7. The number of hydrogen-bond acceptors (Lipinski definition) is 7. The molecule has 0 spiro atoms. The molecule has 34 heavy (non-hydrogen) atoms. The molecule has 0 saturated heterocycles. The second kappa shape index (κ2) is 10.6. The molecule has 0 aliphatic heterocycles. The first kappa shape index (κ1) is 23.6. The summed E-state index contributed by atoms with van der Waals surface area (Å²) in [7, 11) is 0. The topological polar surface area (TPSA) is 84.2 Å². The van der Waals surface area contributed by atoms with Crippen molar-refractivity contribution in [2.24, 2.45) is 0 Å². The molecule has 1 heterocycles. The van der Waals surface area contributed by atoms with E-state index in [-0.39, 0.29) is 13.2 Å². The monoisotopic (exact) mass is 572 g/mol. The van der Waals surface area contributed by atoms with Crippen LogP contribution in [0.5, 0.6) is 23.0 Å². The van der Waals surface area contributed by atoms with Gasteiger partial charge >= 0.3 is 11.9 Å². The van der Waals surface area contributed by atoms with E-state index in [9.17, 15) is 9.59 Å². The first-order chi connectivity index (χ1) is 16.4. The first-order valence-corrected chi connectivity index (χ1v) is 11.5. The molecule has 0 bridgehead atoms. The van der Waals surface area contributed by atoms with Crippen LogP contribution in [0.15, 0.2) is 71.1 Å². The Morgan fingerprint density at radius 1 is 0.765 bits per heavy atom. The van der Waals surface area contributed by atoms with Gasteiger partial charge in [-0.1, -0.05) is 24.3 Å². The Morgan fingerprint density at radius 3 is 1.85 bits per heavy atom. The summed E-state index contributed by atoms with van der Waals surface area (Å²) in [6.07, 6.45) is 0. The van der Waals surface area contributed by atoms with Gasteiger partial charge in [-0.3, -0.25) is 9.59 Å². The number of para-hydroxylation sites is 4. The molecule has 1 aromatic heterocycles. The lowest BCUT2D eigenvalue weighted by Crippen LogP contribution is -2.04. The number of halogens is 1. The van der Waals surface area contributed by atoms with Gasteiger partial charge in [0.15, 0.2) is 23.0 Å². The van der Waals surface area contributed by atoms with Crippen LogP contribution in [0.4, 0.5) is 0 Å². The summed E-state index contributed by atoms with van der Waals surface area (Å²) < 4.78 is 29.0. The Morgan fingerprint density at radius 2 is 1.29 bits per heavy atom. The molecule has 0 N–H and O–H groups in total. The van der Waals surface area contributed by atoms with Crippen LogP contribution in [0.25, 0.3) is 11.0 Å². The lowest BCUT2D eigenvalue weighted by molar-refractivity contribution is -0.133. The molecule has 8 heteroatoms. The summed E-state index contributed by atoms with van der Waals surface area (Å²) in [5, 5.41) is 0.908. The Labute approximate surface area is 209 Å². The fourth-order valence-electron chi connectivity index (χ4n) is 3.30. The Balaban J connectivity index is 1.48. The molecule has 7 nitrogen and oxygen atoms in total. The van der Waals surface area contributed by atoms with Crippen molar-refractivity contribution < 1.29 is 33.0 Å². The third kappa shape index (κ3) is 5.88. The summed E-state index contributed by atoms with van der Waals surface area (Å²) in [6, 6.07) is 19.9. The number of benzene rings is 3. The summed E-state index contributed by atoms with van der Waals surface area (Å²) in [6.45, 7) is 3.15. The Hall–Kier alpha value is -3.53. The van der Waals surface area contributed by atoms with Gasteiger partial charge in [0.05, 0.1) is 3.57 Å². The van der Waals surface area contributed by atoms with Crippen LogP contribution in [0.3, 0.4) is 0 Å². The van der Waals surface area contributed by atoms with E-state index in [1.807, 2.05) is 24.3 Å². The molecule has 0 unspecified atom stereocenters. The number of furan rings is 1. The van der Waals surface area contributed by atoms with E-state index >= 15 is 0 Å². The molecular formula is C26H21IO7. The van der Waals surface area contributed by atoms with Crippen molar-refractivity contribution in [2.75, 3.05) is 0 Å².